The van der Waals surface area contributed by atoms with E-state index in [1.54, 1.807) is 12.1 Å². The van der Waals surface area contributed by atoms with Crippen molar-refractivity contribution in [3.05, 3.63) is 53.5 Å². The standard InChI is InChI=1S/C21H27N3O3/c1-16-15-27-19-6-5-17(13-23-9-7-22(2)8-10-23)12-18(19)14-24(16)21(25)20-4-3-11-26-20/h3-6,11-12,16H,7-10,13-15H2,1-2H3/t16-/m0/s1. The van der Waals surface area contributed by atoms with Gasteiger partial charge in [0.15, 0.2) is 5.76 Å². The van der Waals surface area contributed by atoms with E-state index in [2.05, 4.69) is 29.0 Å². The summed E-state index contributed by atoms with van der Waals surface area (Å²) in [4.78, 5) is 19.5. The molecule has 0 bridgehead atoms. The third-order valence-corrected chi connectivity index (χ3v) is 5.47. The van der Waals surface area contributed by atoms with Crippen molar-refractivity contribution >= 4 is 5.91 Å². The van der Waals surface area contributed by atoms with Gasteiger partial charge in [-0.1, -0.05) is 6.07 Å². The fraction of sp³-hybridized carbons (Fsp3) is 0.476. The Labute approximate surface area is 160 Å². The van der Waals surface area contributed by atoms with Gasteiger partial charge < -0.3 is 19.0 Å². The Balaban J connectivity index is 1.52. The van der Waals surface area contributed by atoms with Crippen molar-refractivity contribution in [2.24, 2.45) is 0 Å². The van der Waals surface area contributed by atoms with Gasteiger partial charge in [0.2, 0.25) is 0 Å². The highest BCUT2D eigenvalue weighted by atomic mass is 16.5. The lowest BCUT2D eigenvalue weighted by atomic mass is 10.1. The number of rotatable bonds is 3. The second-order valence-corrected chi connectivity index (χ2v) is 7.59. The van der Waals surface area contributed by atoms with Crippen LogP contribution in [0.15, 0.2) is 41.0 Å². The molecule has 1 aromatic carbocycles. The maximum Gasteiger partial charge on any atom is 0.290 e. The number of fused-ring (bicyclic) bond motifs is 1. The Morgan fingerprint density at radius 3 is 2.74 bits per heavy atom. The lowest BCUT2D eigenvalue weighted by Gasteiger charge is -2.32. The molecule has 1 fully saturated rings. The van der Waals surface area contributed by atoms with Gasteiger partial charge in [-0.3, -0.25) is 9.69 Å². The predicted molar refractivity (Wildman–Crippen MR) is 103 cm³/mol. The Hall–Kier alpha value is -2.31. The first-order chi connectivity index (χ1) is 13.1. The summed E-state index contributed by atoms with van der Waals surface area (Å²) in [5, 5.41) is 0. The molecule has 1 atom stereocenters. The van der Waals surface area contributed by atoms with Crippen LogP contribution >= 0.6 is 0 Å². The van der Waals surface area contributed by atoms with Gasteiger partial charge in [-0.15, -0.1) is 0 Å². The highest BCUT2D eigenvalue weighted by molar-refractivity contribution is 5.91. The molecule has 0 N–H and O–H groups in total. The molecule has 4 rings (SSSR count). The van der Waals surface area contributed by atoms with Crippen molar-refractivity contribution < 1.29 is 13.9 Å². The van der Waals surface area contributed by atoms with Gasteiger partial charge in [0.25, 0.3) is 5.91 Å². The van der Waals surface area contributed by atoms with Crippen LogP contribution in [-0.4, -0.2) is 66.5 Å². The number of ether oxygens (including phenoxy) is 1. The zero-order chi connectivity index (χ0) is 18.8. The monoisotopic (exact) mass is 369 g/mol. The predicted octanol–water partition coefficient (Wildman–Crippen LogP) is 2.45. The molecule has 27 heavy (non-hydrogen) atoms. The van der Waals surface area contributed by atoms with E-state index in [0.29, 0.717) is 18.9 Å². The summed E-state index contributed by atoms with van der Waals surface area (Å²) in [6.45, 7) is 8.35. The van der Waals surface area contributed by atoms with E-state index in [9.17, 15) is 4.79 Å². The zero-order valence-corrected chi connectivity index (χ0v) is 16.1. The fourth-order valence-electron chi connectivity index (χ4n) is 3.71. The molecule has 0 saturated carbocycles. The molecule has 144 valence electrons. The van der Waals surface area contributed by atoms with Crippen LogP contribution in [-0.2, 0) is 13.1 Å². The number of piperazine rings is 1. The van der Waals surface area contributed by atoms with Gasteiger partial charge >= 0.3 is 0 Å². The van der Waals surface area contributed by atoms with Crippen LogP contribution in [0.2, 0.25) is 0 Å². The third-order valence-electron chi connectivity index (χ3n) is 5.47. The fourth-order valence-corrected chi connectivity index (χ4v) is 3.71. The van der Waals surface area contributed by atoms with Crippen molar-refractivity contribution in [3.8, 4) is 5.75 Å². The summed E-state index contributed by atoms with van der Waals surface area (Å²) in [7, 11) is 2.17. The first kappa shape index (κ1) is 18.1. The number of nitrogens with zero attached hydrogens (tertiary/aromatic N) is 3. The molecule has 3 heterocycles. The molecule has 1 aromatic heterocycles. The number of carbonyl (C=O) groups excluding carboxylic acids is 1. The first-order valence-electron chi connectivity index (χ1n) is 9.60. The lowest BCUT2D eigenvalue weighted by molar-refractivity contribution is 0.0613. The van der Waals surface area contributed by atoms with Gasteiger partial charge in [-0.2, -0.15) is 0 Å². The average molecular weight is 369 g/mol. The largest absolute Gasteiger partial charge is 0.491 e. The molecule has 0 spiro atoms. The molecular formula is C21H27N3O3. The summed E-state index contributed by atoms with van der Waals surface area (Å²) in [5.41, 5.74) is 2.33. The van der Waals surface area contributed by atoms with Crippen LogP contribution in [0.5, 0.6) is 5.75 Å². The molecule has 6 nitrogen and oxygen atoms in total. The smallest absolute Gasteiger partial charge is 0.290 e. The number of furan rings is 1. The van der Waals surface area contributed by atoms with Gasteiger partial charge in [0.05, 0.1) is 18.8 Å². The average Bonchev–Trinajstić information content (AvgIpc) is 3.16. The minimum absolute atomic E-state index is 0.0175. The molecule has 0 unspecified atom stereocenters. The molecule has 0 aliphatic carbocycles. The van der Waals surface area contributed by atoms with Gasteiger partial charge in [-0.25, -0.2) is 0 Å². The topological polar surface area (TPSA) is 49.2 Å². The highest BCUT2D eigenvalue weighted by Gasteiger charge is 2.28. The first-order valence-corrected chi connectivity index (χ1v) is 9.60. The maximum absolute atomic E-state index is 12.8. The Bertz CT molecular complexity index is 782. The van der Waals surface area contributed by atoms with Gasteiger partial charge in [0.1, 0.15) is 12.4 Å². The van der Waals surface area contributed by atoms with E-state index in [1.807, 2.05) is 17.9 Å². The number of hydrogen-bond donors (Lipinski definition) is 0. The SMILES string of the molecule is C[C@H]1COc2ccc(CN3CCN(C)CC3)cc2CN1C(=O)c1ccco1. The molecule has 2 aromatic rings. The summed E-state index contributed by atoms with van der Waals surface area (Å²) in [5.74, 6) is 1.16. The lowest BCUT2D eigenvalue weighted by Crippen LogP contribution is -2.43. The number of hydrogen-bond acceptors (Lipinski definition) is 5. The third kappa shape index (κ3) is 4.01. The second-order valence-electron chi connectivity index (χ2n) is 7.59. The molecule has 2 aliphatic heterocycles. The molecular weight excluding hydrogens is 342 g/mol. The molecule has 1 amide bonds. The second kappa shape index (κ2) is 7.74. The molecule has 0 radical (unpaired) electrons. The summed E-state index contributed by atoms with van der Waals surface area (Å²) >= 11 is 0. The van der Waals surface area contributed by atoms with E-state index in [0.717, 1.165) is 44.0 Å². The molecule has 6 heteroatoms. The van der Waals surface area contributed by atoms with Crippen LogP contribution in [0, 0.1) is 0 Å². The number of likely N-dealkylation sites (N-methyl/N-ethyl adjacent to an activating group) is 1. The van der Waals surface area contributed by atoms with Gasteiger partial charge in [0, 0.05) is 38.3 Å². The molecule has 1 saturated heterocycles. The van der Waals surface area contributed by atoms with Crippen LogP contribution in [0.1, 0.15) is 28.6 Å². The minimum atomic E-state index is -0.0894. The summed E-state index contributed by atoms with van der Waals surface area (Å²) < 4.78 is 11.3. The van der Waals surface area contributed by atoms with E-state index >= 15 is 0 Å². The van der Waals surface area contributed by atoms with Gasteiger partial charge in [-0.05, 0) is 43.8 Å². The van der Waals surface area contributed by atoms with Crippen LogP contribution in [0.3, 0.4) is 0 Å². The van der Waals surface area contributed by atoms with E-state index in [4.69, 9.17) is 9.15 Å². The molecule has 2 aliphatic rings. The van der Waals surface area contributed by atoms with Crippen LogP contribution < -0.4 is 4.74 Å². The van der Waals surface area contributed by atoms with Crippen molar-refractivity contribution in [3.63, 3.8) is 0 Å². The highest BCUT2D eigenvalue weighted by Crippen LogP contribution is 2.28. The van der Waals surface area contributed by atoms with E-state index < -0.39 is 0 Å². The van der Waals surface area contributed by atoms with Crippen molar-refractivity contribution in [2.75, 3.05) is 39.8 Å². The Morgan fingerprint density at radius 1 is 1.19 bits per heavy atom. The zero-order valence-electron chi connectivity index (χ0n) is 16.1. The number of amides is 1. The van der Waals surface area contributed by atoms with Crippen LogP contribution in [0.4, 0.5) is 0 Å². The number of carbonyl (C=O) groups is 1. The van der Waals surface area contributed by atoms with Crippen molar-refractivity contribution in [1.82, 2.24) is 14.7 Å². The maximum atomic E-state index is 12.8. The van der Waals surface area contributed by atoms with Crippen molar-refractivity contribution in [2.45, 2.75) is 26.1 Å². The van der Waals surface area contributed by atoms with E-state index in [-0.39, 0.29) is 11.9 Å². The number of benzene rings is 1. The van der Waals surface area contributed by atoms with E-state index in [1.165, 1.54) is 11.8 Å². The van der Waals surface area contributed by atoms with Crippen LogP contribution in [0.25, 0.3) is 0 Å². The summed E-state index contributed by atoms with van der Waals surface area (Å²) in [6.07, 6.45) is 1.54. The van der Waals surface area contributed by atoms with Crippen molar-refractivity contribution in [1.29, 1.82) is 0 Å². The Morgan fingerprint density at radius 2 is 2.00 bits per heavy atom. The normalized spacial score (nSPS) is 21.4. The minimum Gasteiger partial charge on any atom is -0.491 e. The Kier molecular flexibility index (Phi) is 5.18. The quantitative estimate of drug-likeness (QED) is 0.832. The summed E-state index contributed by atoms with van der Waals surface area (Å²) in [6, 6.07) is 9.82.